The second-order valence-electron chi connectivity index (χ2n) is 4.97. The molecular weight excluding hydrogens is 226 g/mol. The fourth-order valence-electron chi connectivity index (χ4n) is 1.98. The van der Waals surface area contributed by atoms with Gasteiger partial charge in [0.25, 0.3) is 0 Å². The third-order valence-corrected chi connectivity index (χ3v) is 3.31. The molecule has 18 heavy (non-hydrogen) atoms. The van der Waals surface area contributed by atoms with Crippen LogP contribution in [-0.2, 0) is 4.74 Å². The van der Waals surface area contributed by atoms with Crippen LogP contribution in [0.2, 0.25) is 0 Å². The molecule has 1 unspecified atom stereocenters. The summed E-state index contributed by atoms with van der Waals surface area (Å²) in [5.41, 5.74) is 1.02. The van der Waals surface area contributed by atoms with Gasteiger partial charge >= 0.3 is 6.09 Å². The van der Waals surface area contributed by atoms with Gasteiger partial charge in [0, 0.05) is 6.54 Å². The zero-order chi connectivity index (χ0) is 12.8. The van der Waals surface area contributed by atoms with Crippen LogP contribution in [0.1, 0.15) is 44.3 Å². The molecule has 1 fully saturated rings. The van der Waals surface area contributed by atoms with E-state index in [0.29, 0.717) is 0 Å². The van der Waals surface area contributed by atoms with E-state index in [1.807, 2.05) is 37.3 Å². The predicted molar refractivity (Wildman–Crippen MR) is 71.3 cm³/mol. The van der Waals surface area contributed by atoms with Crippen molar-refractivity contribution in [3.63, 3.8) is 0 Å². The van der Waals surface area contributed by atoms with Crippen LogP contribution in [0.15, 0.2) is 30.3 Å². The highest BCUT2D eigenvalue weighted by Crippen LogP contribution is 2.33. The molecule has 98 valence electrons. The number of carbonyl (C=O) groups excluding carboxylic acids is 1. The molecule has 0 bridgehead atoms. The maximum Gasteiger partial charge on any atom is 0.407 e. The normalized spacial score (nSPS) is 16.1. The van der Waals surface area contributed by atoms with E-state index in [9.17, 15) is 4.79 Å². The highest BCUT2D eigenvalue weighted by atomic mass is 16.6. The molecule has 2 rings (SSSR count). The monoisotopic (exact) mass is 247 g/mol. The maximum atomic E-state index is 11.6. The van der Waals surface area contributed by atoms with Gasteiger partial charge in [0.2, 0.25) is 0 Å². The Morgan fingerprint density at radius 1 is 1.39 bits per heavy atom. The van der Waals surface area contributed by atoms with Crippen molar-refractivity contribution in [1.29, 1.82) is 0 Å². The van der Waals surface area contributed by atoms with Crippen LogP contribution in [0.25, 0.3) is 0 Å². The first-order valence-electron chi connectivity index (χ1n) is 6.75. The molecule has 0 aromatic heterocycles. The number of hydrogen-bond acceptors (Lipinski definition) is 2. The third kappa shape index (κ3) is 4.40. The van der Waals surface area contributed by atoms with E-state index >= 15 is 0 Å². The molecule has 0 spiro atoms. The average molecular weight is 247 g/mol. The lowest BCUT2D eigenvalue weighted by atomic mass is 10.1. The molecular formula is C15H21NO2. The molecule has 3 nitrogen and oxygen atoms in total. The first-order chi connectivity index (χ1) is 8.75. The van der Waals surface area contributed by atoms with Gasteiger partial charge < -0.3 is 10.1 Å². The van der Waals surface area contributed by atoms with Gasteiger partial charge in [-0.15, -0.1) is 0 Å². The zero-order valence-electron chi connectivity index (χ0n) is 10.9. The van der Waals surface area contributed by atoms with Crippen molar-refractivity contribution >= 4 is 6.09 Å². The summed E-state index contributed by atoms with van der Waals surface area (Å²) in [6, 6.07) is 9.77. The lowest BCUT2D eigenvalue weighted by Gasteiger charge is -2.14. The van der Waals surface area contributed by atoms with Crippen molar-refractivity contribution in [2.45, 2.75) is 38.7 Å². The highest BCUT2D eigenvalue weighted by molar-refractivity contribution is 5.67. The minimum Gasteiger partial charge on any atom is -0.442 e. The van der Waals surface area contributed by atoms with E-state index in [1.165, 1.54) is 19.3 Å². The molecule has 1 amide bonds. The van der Waals surface area contributed by atoms with Crippen LogP contribution in [-0.4, -0.2) is 12.6 Å². The van der Waals surface area contributed by atoms with E-state index in [1.54, 1.807) is 0 Å². The Labute approximate surface area is 109 Å². The molecule has 0 aliphatic heterocycles. The standard InChI is InChI=1S/C15H21NO2/c1-12(14-7-3-2-4-8-14)18-15(17)16-11-5-6-13-9-10-13/h2-4,7-8,12-13H,5-6,9-11H2,1H3,(H,16,17). The topological polar surface area (TPSA) is 38.3 Å². The van der Waals surface area contributed by atoms with E-state index in [-0.39, 0.29) is 12.2 Å². The molecule has 0 saturated heterocycles. The van der Waals surface area contributed by atoms with Crippen molar-refractivity contribution in [1.82, 2.24) is 5.32 Å². The smallest absolute Gasteiger partial charge is 0.407 e. The number of ether oxygens (including phenoxy) is 1. The number of amides is 1. The SMILES string of the molecule is CC(OC(=O)NCCCC1CC1)c1ccccc1. The van der Waals surface area contributed by atoms with Gasteiger partial charge in [0.15, 0.2) is 0 Å². The van der Waals surface area contributed by atoms with E-state index in [4.69, 9.17) is 4.74 Å². The van der Waals surface area contributed by atoms with E-state index < -0.39 is 0 Å². The molecule has 1 atom stereocenters. The number of alkyl carbamates (subject to hydrolysis) is 1. The Balaban J connectivity index is 1.63. The summed E-state index contributed by atoms with van der Waals surface area (Å²) in [5.74, 6) is 0.922. The van der Waals surface area contributed by atoms with Gasteiger partial charge in [0.1, 0.15) is 6.10 Å². The minimum atomic E-state index is -0.317. The van der Waals surface area contributed by atoms with E-state index in [2.05, 4.69) is 5.32 Å². The Kier molecular flexibility index (Phi) is 4.62. The average Bonchev–Trinajstić information content (AvgIpc) is 3.20. The van der Waals surface area contributed by atoms with E-state index in [0.717, 1.165) is 24.4 Å². The Bertz CT molecular complexity index is 373. The number of nitrogens with one attached hydrogen (secondary N) is 1. The van der Waals surface area contributed by atoms with Crippen LogP contribution >= 0.6 is 0 Å². The molecule has 1 aliphatic rings. The summed E-state index contributed by atoms with van der Waals surface area (Å²) >= 11 is 0. The van der Waals surface area contributed by atoms with Crippen molar-refractivity contribution in [2.24, 2.45) is 5.92 Å². The molecule has 0 radical (unpaired) electrons. The number of rotatable bonds is 6. The summed E-state index contributed by atoms with van der Waals surface area (Å²) in [6.45, 7) is 2.61. The lowest BCUT2D eigenvalue weighted by Crippen LogP contribution is -2.26. The number of hydrogen-bond donors (Lipinski definition) is 1. The molecule has 1 aromatic rings. The molecule has 1 aliphatic carbocycles. The second kappa shape index (κ2) is 6.43. The van der Waals surface area contributed by atoms with Crippen molar-refractivity contribution in [3.8, 4) is 0 Å². The van der Waals surface area contributed by atoms with Crippen LogP contribution < -0.4 is 5.32 Å². The molecule has 1 aromatic carbocycles. The largest absolute Gasteiger partial charge is 0.442 e. The van der Waals surface area contributed by atoms with Crippen molar-refractivity contribution < 1.29 is 9.53 Å². The van der Waals surface area contributed by atoms with Gasteiger partial charge in [0.05, 0.1) is 0 Å². The van der Waals surface area contributed by atoms with Crippen LogP contribution in [0, 0.1) is 5.92 Å². The maximum absolute atomic E-state index is 11.6. The van der Waals surface area contributed by atoms with Gasteiger partial charge in [-0.25, -0.2) is 4.79 Å². The van der Waals surface area contributed by atoms with Crippen molar-refractivity contribution in [2.75, 3.05) is 6.54 Å². The highest BCUT2D eigenvalue weighted by Gasteiger charge is 2.20. The van der Waals surface area contributed by atoms with Gasteiger partial charge in [-0.2, -0.15) is 0 Å². The first-order valence-corrected chi connectivity index (χ1v) is 6.75. The fourth-order valence-corrected chi connectivity index (χ4v) is 1.98. The summed E-state index contributed by atoms with van der Waals surface area (Å²) in [7, 11) is 0. The Hall–Kier alpha value is -1.51. The van der Waals surface area contributed by atoms with Crippen LogP contribution in [0.3, 0.4) is 0 Å². The Morgan fingerprint density at radius 3 is 2.78 bits per heavy atom. The molecule has 1 N–H and O–H groups in total. The fraction of sp³-hybridized carbons (Fsp3) is 0.533. The lowest BCUT2D eigenvalue weighted by molar-refractivity contribution is 0.107. The quantitative estimate of drug-likeness (QED) is 0.779. The number of benzene rings is 1. The third-order valence-electron chi connectivity index (χ3n) is 3.31. The second-order valence-corrected chi connectivity index (χ2v) is 4.97. The van der Waals surface area contributed by atoms with Gasteiger partial charge in [-0.05, 0) is 31.2 Å². The first kappa shape index (κ1) is 12.9. The molecule has 0 heterocycles. The molecule has 1 saturated carbocycles. The summed E-state index contributed by atoms with van der Waals surface area (Å²) < 4.78 is 5.31. The predicted octanol–water partition coefficient (Wildman–Crippen LogP) is 3.66. The van der Waals surface area contributed by atoms with Crippen LogP contribution in [0.4, 0.5) is 4.79 Å². The minimum absolute atomic E-state index is 0.199. The van der Waals surface area contributed by atoms with Gasteiger partial charge in [-0.1, -0.05) is 43.2 Å². The summed E-state index contributed by atoms with van der Waals surface area (Å²) in [4.78, 5) is 11.6. The Morgan fingerprint density at radius 2 is 2.11 bits per heavy atom. The molecule has 3 heteroatoms. The van der Waals surface area contributed by atoms with Crippen LogP contribution in [0.5, 0.6) is 0 Å². The zero-order valence-corrected chi connectivity index (χ0v) is 10.9. The summed E-state index contributed by atoms with van der Waals surface area (Å²) in [5, 5.41) is 2.81. The van der Waals surface area contributed by atoms with Gasteiger partial charge in [-0.3, -0.25) is 0 Å². The number of carbonyl (C=O) groups is 1. The summed E-state index contributed by atoms with van der Waals surface area (Å²) in [6.07, 6.45) is 4.51. The van der Waals surface area contributed by atoms with Crippen molar-refractivity contribution in [3.05, 3.63) is 35.9 Å².